The minimum atomic E-state index is -0.582. The zero-order valence-electron chi connectivity index (χ0n) is 8.45. The van der Waals surface area contributed by atoms with Gasteiger partial charge in [-0.15, -0.1) is 0 Å². The van der Waals surface area contributed by atoms with Gasteiger partial charge >= 0.3 is 0 Å². The summed E-state index contributed by atoms with van der Waals surface area (Å²) in [6.07, 6.45) is 0. The molecular weight excluding hydrogens is 178 g/mol. The Balaban J connectivity index is 3.11. The van der Waals surface area contributed by atoms with Crippen molar-refractivity contribution in [2.75, 3.05) is 0 Å². The predicted octanol–water partition coefficient (Wildman–Crippen LogP) is 1.08. The van der Waals surface area contributed by atoms with Crippen molar-refractivity contribution in [2.45, 2.75) is 26.5 Å². The van der Waals surface area contributed by atoms with E-state index in [1.54, 1.807) is 6.07 Å². The average molecular weight is 193 g/mol. The molecule has 14 heavy (non-hydrogen) atoms. The monoisotopic (exact) mass is 193 g/mol. The van der Waals surface area contributed by atoms with E-state index in [1.807, 2.05) is 19.1 Å². The maximum atomic E-state index is 11.1. The van der Waals surface area contributed by atoms with Crippen LogP contribution in [0.25, 0.3) is 0 Å². The van der Waals surface area contributed by atoms with Crippen molar-refractivity contribution >= 4 is 5.78 Å². The third-order valence-corrected chi connectivity index (χ3v) is 2.30. The lowest BCUT2D eigenvalue weighted by Gasteiger charge is -2.12. The Hall–Kier alpha value is -1.19. The van der Waals surface area contributed by atoms with Crippen molar-refractivity contribution in [3.05, 3.63) is 34.9 Å². The molecule has 0 bridgehead atoms. The molecule has 0 saturated heterocycles. The molecular formula is C11H15NO2. The molecule has 76 valence electrons. The van der Waals surface area contributed by atoms with Gasteiger partial charge < -0.3 is 10.8 Å². The van der Waals surface area contributed by atoms with Crippen molar-refractivity contribution in [3.8, 4) is 0 Å². The van der Waals surface area contributed by atoms with Crippen LogP contribution in [0.15, 0.2) is 18.2 Å². The molecule has 0 radical (unpaired) electrons. The summed E-state index contributed by atoms with van der Waals surface area (Å²) >= 11 is 0. The van der Waals surface area contributed by atoms with Crippen molar-refractivity contribution in [1.29, 1.82) is 0 Å². The smallest absolute Gasteiger partial charge is 0.150 e. The standard InChI is InChI=1S/C11H15NO2/c1-7-3-4-9(6-13)5-10(7)11(12)8(2)14/h3-5,11,13H,6,12H2,1-2H3. The number of ketones is 1. The van der Waals surface area contributed by atoms with Gasteiger partial charge in [-0.2, -0.15) is 0 Å². The van der Waals surface area contributed by atoms with E-state index >= 15 is 0 Å². The molecule has 3 nitrogen and oxygen atoms in total. The molecule has 0 aliphatic carbocycles. The lowest BCUT2D eigenvalue weighted by atomic mass is 9.97. The number of Topliss-reactive ketones (excluding diaryl/α,β-unsaturated/α-hetero) is 1. The van der Waals surface area contributed by atoms with Crippen LogP contribution in [-0.2, 0) is 11.4 Å². The zero-order valence-corrected chi connectivity index (χ0v) is 8.45. The lowest BCUT2D eigenvalue weighted by Crippen LogP contribution is -2.19. The maximum absolute atomic E-state index is 11.1. The zero-order chi connectivity index (χ0) is 10.7. The second-order valence-corrected chi connectivity index (χ2v) is 3.44. The Labute approximate surface area is 83.6 Å². The summed E-state index contributed by atoms with van der Waals surface area (Å²) in [4.78, 5) is 11.1. The predicted molar refractivity (Wildman–Crippen MR) is 54.7 cm³/mol. The number of carbonyl (C=O) groups excluding carboxylic acids is 1. The van der Waals surface area contributed by atoms with Crippen LogP contribution in [0.3, 0.4) is 0 Å². The number of aliphatic hydroxyl groups is 1. The molecule has 1 unspecified atom stereocenters. The van der Waals surface area contributed by atoms with Crippen LogP contribution < -0.4 is 5.73 Å². The van der Waals surface area contributed by atoms with Gasteiger partial charge in [0.25, 0.3) is 0 Å². The first kappa shape index (κ1) is 10.9. The summed E-state index contributed by atoms with van der Waals surface area (Å²) in [5.41, 5.74) is 8.28. The number of rotatable bonds is 3. The first-order chi connectivity index (χ1) is 6.56. The average Bonchev–Trinajstić information content (AvgIpc) is 2.17. The van der Waals surface area contributed by atoms with Gasteiger partial charge in [-0.25, -0.2) is 0 Å². The van der Waals surface area contributed by atoms with Crippen molar-refractivity contribution in [3.63, 3.8) is 0 Å². The number of nitrogens with two attached hydrogens (primary N) is 1. The minimum absolute atomic E-state index is 0.0299. The third-order valence-electron chi connectivity index (χ3n) is 2.30. The summed E-state index contributed by atoms with van der Waals surface area (Å²) < 4.78 is 0. The molecule has 0 fully saturated rings. The Kier molecular flexibility index (Phi) is 3.38. The van der Waals surface area contributed by atoms with Crippen molar-refractivity contribution in [2.24, 2.45) is 5.73 Å². The molecule has 3 N–H and O–H groups in total. The molecule has 0 aliphatic heterocycles. The van der Waals surface area contributed by atoms with Gasteiger partial charge in [-0.1, -0.05) is 18.2 Å². The van der Waals surface area contributed by atoms with Crippen LogP contribution in [0.5, 0.6) is 0 Å². The van der Waals surface area contributed by atoms with E-state index in [-0.39, 0.29) is 12.4 Å². The van der Waals surface area contributed by atoms with Crippen molar-refractivity contribution in [1.82, 2.24) is 0 Å². The van der Waals surface area contributed by atoms with E-state index in [2.05, 4.69) is 0 Å². The topological polar surface area (TPSA) is 63.3 Å². The number of hydrogen-bond donors (Lipinski definition) is 2. The van der Waals surface area contributed by atoms with E-state index in [0.29, 0.717) is 0 Å². The first-order valence-corrected chi connectivity index (χ1v) is 4.52. The lowest BCUT2D eigenvalue weighted by molar-refractivity contribution is -0.118. The van der Waals surface area contributed by atoms with Gasteiger partial charge in [-0.3, -0.25) is 4.79 Å². The Morgan fingerprint density at radius 3 is 2.71 bits per heavy atom. The number of hydrogen-bond acceptors (Lipinski definition) is 3. The highest BCUT2D eigenvalue weighted by Gasteiger charge is 2.13. The van der Waals surface area contributed by atoms with Crippen molar-refractivity contribution < 1.29 is 9.90 Å². The number of carbonyl (C=O) groups is 1. The summed E-state index contributed by atoms with van der Waals surface area (Å²) in [5, 5.41) is 8.95. The Morgan fingerprint density at radius 1 is 1.57 bits per heavy atom. The fourth-order valence-electron chi connectivity index (χ4n) is 1.34. The Bertz CT molecular complexity index is 347. The fourth-order valence-corrected chi connectivity index (χ4v) is 1.34. The summed E-state index contributed by atoms with van der Waals surface area (Å²) in [6.45, 7) is 3.34. The van der Waals surface area contributed by atoms with Gasteiger partial charge in [0.1, 0.15) is 0 Å². The number of aliphatic hydroxyl groups excluding tert-OH is 1. The fraction of sp³-hybridized carbons (Fsp3) is 0.364. The van der Waals surface area contributed by atoms with E-state index in [1.165, 1.54) is 6.92 Å². The normalized spacial score (nSPS) is 12.6. The van der Waals surface area contributed by atoms with Crippen LogP contribution in [-0.4, -0.2) is 10.9 Å². The summed E-state index contributed by atoms with van der Waals surface area (Å²) in [5.74, 6) is -0.0665. The highest BCUT2D eigenvalue weighted by Crippen LogP contribution is 2.18. The van der Waals surface area contributed by atoms with Crippen LogP contribution in [0.4, 0.5) is 0 Å². The van der Waals surface area contributed by atoms with E-state index < -0.39 is 6.04 Å². The Morgan fingerprint density at radius 2 is 2.21 bits per heavy atom. The quantitative estimate of drug-likeness (QED) is 0.755. The van der Waals surface area contributed by atoms with Crippen LogP contribution in [0, 0.1) is 6.92 Å². The van der Waals surface area contributed by atoms with Gasteiger partial charge in [-0.05, 0) is 30.5 Å². The molecule has 0 amide bonds. The number of benzene rings is 1. The van der Waals surface area contributed by atoms with Gasteiger partial charge in [0.2, 0.25) is 0 Å². The van der Waals surface area contributed by atoms with E-state index in [9.17, 15) is 4.79 Å². The van der Waals surface area contributed by atoms with Gasteiger partial charge in [0.05, 0.1) is 12.6 Å². The summed E-state index contributed by atoms with van der Waals surface area (Å²) in [7, 11) is 0. The molecule has 0 aromatic heterocycles. The third kappa shape index (κ3) is 2.19. The molecule has 1 aromatic rings. The SMILES string of the molecule is CC(=O)C(N)c1cc(CO)ccc1C. The van der Waals surface area contributed by atoms with E-state index in [4.69, 9.17) is 10.8 Å². The largest absolute Gasteiger partial charge is 0.392 e. The van der Waals surface area contributed by atoms with E-state index in [0.717, 1.165) is 16.7 Å². The second kappa shape index (κ2) is 4.35. The highest BCUT2D eigenvalue weighted by atomic mass is 16.3. The molecule has 0 heterocycles. The molecule has 0 aliphatic rings. The summed E-state index contributed by atoms with van der Waals surface area (Å²) in [6, 6.07) is 4.89. The molecule has 1 rings (SSSR count). The van der Waals surface area contributed by atoms with Gasteiger partial charge in [0.15, 0.2) is 5.78 Å². The highest BCUT2D eigenvalue weighted by molar-refractivity contribution is 5.83. The van der Waals surface area contributed by atoms with Crippen LogP contribution in [0.2, 0.25) is 0 Å². The first-order valence-electron chi connectivity index (χ1n) is 4.52. The van der Waals surface area contributed by atoms with Gasteiger partial charge in [0, 0.05) is 0 Å². The number of aryl methyl sites for hydroxylation is 1. The molecule has 0 saturated carbocycles. The van der Waals surface area contributed by atoms with Crippen LogP contribution in [0.1, 0.15) is 29.7 Å². The van der Waals surface area contributed by atoms with Crippen LogP contribution >= 0.6 is 0 Å². The molecule has 1 atom stereocenters. The minimum Gasteiger partial charge on any atom is -0.392 e. The molecule has 1 aromatic carbocycles. The molecule has 3 heteroatoms. The maximum Gasteiger partial charge on any atom is 0.150 e. The second-order valence-electron chi connectivity index (χ2n) is 3.44. The molecule has 0 spiro atoms.